The number of thioether (sulfide) groups is 1. The lowest BCUT2D eigenvalue weighted by Crippen LogP contribution is -2.51. The fourth-order valence-corrected chi connectivity index (χ4v) is 5.40. The highest BCUT2D eigenvalue weighted by Gasteiger charge is 2.28. The van der Waals surface area contributed by atoms with Gasteiger partial charge in [0.1, 0.15) is 6.04 Å². The van der Waals surface area contributed by atoms with Gasteiger partial charge in [0.05, 0.1) is 5.75 Å². The zero-order valence-electron chi connectivity index (χ0n) is 18.4. The summed E-state index contributed by atoms with van der Waals surface area (Å²) in [6.45, 7) is 2.33. The van der Waals surface area contributed by atoms with Crippen LogP contribution < -0.4 is 5.32 Å². The SMILES string of the molecule is C[C@@H](C(=O)NC1CCCC1)N(CCc1ccccc1)C(=O)CSCc1ccc(Cl)cc1Cl. The molecule has 32 heavy (non-hydrogen) atoms. The first-order chi connectivity index (χ1) is 15.4. The third-order valence-corrected chi connectivity index (χ3v) is 7.40. The second kappa shape index (κ2) is 12.5. The number of carbonyl (C=O) groups is 2. The van der Waals surface area contributed by atoms with Crippen molar-refractivity contribution in [1.82, 2.24) is 10.2 Å². The zero-order valence-corrected chi connectivity index (χ0v) is 20.7. The van der Waals surface area contributed by atoms with Gasteiger partial charge in [0.25, 0.3) is 0 Å². The van der Waals surface area contributed by atoms with Crippen LogP contribution in [0.3, 0.4) is 0 Å². The maximum atomic E-state index is 13.1. The Morgan fingerprint density at radius 2 is 1.84 bits per heavy atom. The van der Waals surface area contributed by atoms with Gasteiger partial charge in [-0.3, -0.25) is 9.59 Å². The zero-order chi connectivity index (χ0) is 22.9. The van der Waals surface area contributed by atoms with E-state index >= 15 is 0 Å². The topological polar surface area (TPSA) is 49.4 Å². The molecular weight excluding hydrogens is 463 g/mol. The van der Waals surface area contributed by atoms with Crippen LogP contribution >= 0.6 is 35.0 Å². The van der Waals surface area contributed by atoms with E-state index in [0.29, 0.717) is 28.8 Å². The molecule has 2 aromatic carbocycles. The van der Waals surface area contributed by atoms with E-state index in [1.807, 2.05) is 43.3 Å². The van der Waals surface area contributed by atoms with Gasteiger partial charge in [0.2, 0.25) is 11.8 Å². The molecule has 0 saturated heterocycles. The van der Waals surface area contributed by atoms with Gasteiger partial charge < -0.3 is 10.2 Å². The molecule has 2 aromatic rings. The fraction of sp³-hybridized carbons (Fsp3) is 0.440. The van der Waals surface area contributed by atoms with Crippen molar-refractivity contribution in [2.45, 2.75) is 56.9 Å². The minimum absolute atomic E-state index is 0.0370. The van der Waals surface area contributed by atoms with Gasteiger partial charge >= 0.3 is 0 Å². The van der Waals surface area contributed by atoms with Crippen molar-refractivity contribution in [2.24, 2.45) is 0 Å². The molecule has 7 heteroatoms. The Morgan fingerprint density at radius 1 is 1.12 bits per heavy atom. The summed E-state index contributed by atoms with van der Waals surface area (Å²) in [6, 6.07) is 15.2. The maximum Gasteiger partial charge on any atom is 0.242 e. The Balaban J connectivity index is 1.61. The lowest BCUT2D eigenvalue weighted by atomic mass is 10.1. The fourth-order valence-electron chi connectivity index (χ4n) is 3.93. The molecule has 1 N–H and O–H groups in total. The number of benzene rings is 2. The van der Waals surface area contributed by atoms with E-state index < -0.39 is 6.04 Å². The third-order valence-electron chi connectivity index (χ3n) is 5.85. The summed E-state index contributed by atoms with van der Waals surface area (Å²) in [7, 11) is 0. The summed E-state index contributed by atoms with van der Waals surface area (Å²) in [5.74, 6) is 0.792. The molecule has 4 nitrogen and oxygen atoms in total. The highest BCUT2D eigenvalue weighted by Crippen LogP contribution is 2.25. The summed E-state index contributed by atoms with van der Waals surface area (Å²) in [6.07, 6.45) is 5.06. The molecule has 1 aliphatic carbocycles. The van der Waals surface area contributed by atoms with Gasteiger partial charge in [-0.1, -0.05) is 72.4 Å². The van der Waals surface area contributed by atoms with Crippen LogP contribution in [0.1, 0.15) is 43.7 Å². The van der Waals surface area contributed by atoms with E-state index in [9.17, 15) is 9.59 Å². The van der Waals surface area contributed by atoms with Crippen LogP contribution in [0.15, 0.2) is 48.5 Å². The van der Waals surface area contributed by atoms with E-state index in [2.05, 4.69) is 5.32 Å². The molecule has 3 rings (SSSR count). The maximum absolute atomic E-state index is 13.1. The molecule has 1 saturated carbocycles. The number of rotatable bonds is 10. The lowest BCUT2D eigenvalue weighted by Gasteiger charge is -2.29. The predicted molar refractivity (Wildman–Crippen MR) is 134 cm³/mol. The van der Waals surface area contributed by atoms with Gasteiger partial charge in [-0.25, -0.2) is 0 Å². The number of amides is 2. The van der Waals surface area contributed by atoms with Crippen molar-refractivity contribution in [1.29, 1.82) is 0 Å². The van der Waals surface area contributed by atoms with Gasteiger partial charge in [-0.15, -0.1) is 11.8 Å². The van der Waals surface area contributed by atoms with E-state index in [4.69, 9.17) is 23.2 Å². The highest BCUT2D eigenvalue weighted by molar-refractivity contribution is 7.99. The van der Waals surface area contributed by atoms with E-state index in [1.54, 1.807) is 17.0 Å². The van der Waals surface area contributed by atoms with Crippen molar-refractivity contribution in [2.75, 3.05) is 12.3 Å². The first-order valence-corrected chi connectivity index (χ1v) is 13.0. The van der Waals surface area contributed by atoms with E-state index in [-0.39, 0.29) is 23.6 Å². The van der Waals surface area contributed by atoms with Gasteiger partial charge in [0, 0.05) is 28.4 Å². The smallest absolute Gasteiger partial charge is 0.242 e. The number of hydrogen-bond acceptors (Lipinski definition) is 3. The monoisotopic (exact) mass is 492 g/mol. The number of carbonyl (C=O) groups excluding carboxylic acids is 2. The Bertz CT molecular complexity index is 904. The molecule has 0 bridgehead atoms. The van der Waals surface area contributed by atoms with Crippen LogP contribution in [-0.4, -0.2) is 41.1 Å². The van der Waals surface area contributed by atoms with Crippen LogP contribution in [0.2, 0.25) is 10.0 Å². The third kappa shape index (κ3) is 7.43. The molecule has 172 valence electrons. The van der Waals surface area contributed by atoms with Crippen molar-refractivity contribution in [3.63, 3.8) is 0 Å². The second-order valence-electron chi connectivity index (χ2n) is 8.22. The average molecular weight is 494 g/mol. The molecule has 1 atom stereocenters. The predicted octanol–water partition coefficient (Wildman–Crippen LogP) is 5.75. The van der Waals surface area contributed by atoms with Gasteiger partial charge in [0.15, 0.2) is 0 Å². The molecule has 2 amide bonds. The Kier molecular flexibility index (Phi) is 9.76. The second-order valence-corrected chi connectivity index (χ2v) is 10.0. The van der Waals surface area contributed by atoms with Crippen LogP contribution in [0.25, 0.3) is 0 Å². The molecular formula is C25H30Cl2N2O2S. The van der Waals surface area contributed by atoms with Crippen LogP contribution in [0.5, 0.6) is 0 Å². The van der Waals surface area contributed by atoms with Gasteiger partial charge in [-0.2, -0.15) is 0 Å². The van der Waals surface area contributed by atoms with Crippen LogP contribution in [-0.2, 0) is 21.8 Å². The van der Waals surface area contributed by atoms with Gasteiger partial charge in [-0.05, 0) is 49.4 Å². The number of halogens is 2. The highest BCUT2D eigenvalue weighted by atomic mass is 35.5. The van der Waals surface area contributed by atoms with Crippen molar-refractivity contribution < 1.29 is 9.59 Å². The Morgan fingerprint density at radius 3 is 2.53 bits per heavy atom. The minimum Gasteiger partial charge on any atom is -0.352 e. The largest absolute Gasteiger partial charge is 0.352 e. The summed E-state index contributed by atoms with van der Waals surface area (Å²) in [4.78, 5) is 27.8. The van der Waals surface area contributed by atoms with Crippen molar-refractivity contribution in [3.8, 4) is 0 Å². The quantitative estimate of drug-likeness (QED) is 0.459. The molecule has 0 aromatic heterocycles. The molecule has 0 unspecified atom stereocenters. The van der Waals surface area contributed by atoms with E-state index in [1.165, 1.54) is 11.8 Å². The first kappa shape index (κ1) is 24.9. The minimum atomic E-state index is -0.508. The lowest BCUT2D eigenvalue weighted by molar-refractivity contribution is -0.138. The summed E-state index contributed by atoms with van der Waals surface area (Å²) >= 11 is 13.7. The molecule has 0 heterocycles. The van der Waals surface area contributed by atoms with E-state index in [0.717, 1.165) is 36.8 Å². The number of nitrogens with zero attached hydrogens (tertiary/aromatic N) is 1. The van der Waals surface area contributed by atoms with Crippen molar-refractivity contribution in [3.05, 3.63) is 69.7 Å². The summed E-state index contributed by atoms with van der Waals surface area (Å²) in [5.41, 5.74) is 2.09. The first-order valence-electron chi connectivity index (χ1n) is 11.1. The average Bonchev–Trinajstić information content (AvgIpc) is 3.29. The Labute approximate surface area is 205 Å². The van der Waals surface area contributed by atoms with Crippen molar-refractivity contribution >= 4 is 46.8 Å². The number of hydrogen-bond donors (Lipinski definition) is 1. The number of nitrogens with one attached hydrogen (secondary N) is 1. The standard InChI is InChI=1S/C25H30Cl2N2O2S/c1-18(25(31)28-22-9-5-6-10-22)29(14-13-19-7-3-2-4-8-19)24(30)17-32-16-20-11-12-21(26)15-23(20)27/h2-4,7-8,11-12,15,18,22H,5-6,9-10,13-14,16-17H2,1H3,(H,28,31)/t18-/m0/s1. The normalized spacial score (nSPS) is 14.8. The molecule has 0 aliphatic heterocycles. The summed E-state index contributed by atoms with van der Waals surface area (Å²) in [5, 5.41) is 4.33. The summed E-state index contributed by atoms with van der Waals surface area (Å²) < 4.78 is 0. The Hall–Kier alpha value is -1.69. The molecule has 0 spiro atoms. The molecule has 1 fully saturated rings. The van der Waals surface area contributed by atoms with Crippen LogP contribution in [0.4, 0.5) is 0 Å². The van der Waals surface area contributed by atoms with Crippen LogP contribution in [0, 0.1) is 0 Å². The molecule has 0 radical (unpaired) electrons. The molecule has 1 aliphatic rings.